The van der Waals surface area contributed by atoms with E-state index in [1.165, 1.54) is 10.4 Å². The Morgan fingerprint density at radius 3 is 2.43 bits per heavy atom. The van der Waals surface area contributed by atoms with Gasteiger partial charge in [-0.05, 0) is 23.8 Å². The van der Waals surface area contributed by atoms with Gasteiger partial charge in [0.2, 0.25) is 10.0 Å². The van der Waals surface area contributed by atoms with Gasteiger partial charge >= 0.3 is 0 Å². The summed E-state index contributed by atoms with van der Waals surface area (Å²) in [6.07, 6.45) is 1.80. The van der Waals surface area contributed by atoms with Gasteiger partial charge in [-0.2, -0.15) is 4.31 Å². The smallest absolute Gasteiger partial charge is 0.244 e. The second kappa shape index (κ2) is 7.97. The van der Waals surface area contributed by atoms with E-state index in [0.717, 1.165) is 23.0 Å². The van der Waals surface area contributed by atoms with Crippen LogP contribution in [-0.2, 0) is 16.6 Å². The van der Waals surface area contributed by atoms with Crippen molar-refractivity contribution in [1.29, 1.82) is 0 Å². The second-order valence-corrected chi connectivity index (χ2v) is 9.42. The zero-order chi connectivity index (χ0) is 19.7. The fourth-order valence-electron chi connectivity index (χ4n) is 3.49. The Bertz CT molecular complexity index is 1110. The fourth-order valence-corrected chi connectivity index (χ4v) is 5.64. The third-order valence-corrected chi connectivity index (χ3v) is 7.85. The van der Waals surface area contributed by atoms with Crippen molar-refractivity contribution in [3.63, 3.8) is 0 Å². The van der Waals surface area contributed by atoms with Crippen molar-refractivity contribution in [3.05, 3.63) is 70.3 Å². The molecule has 3 aromatic rings. The zero-order valence-corrected chi connectivity index (χ0v) is 17.4. The van der Waals surface area contributed by atoms with Crippen LogP contribution in [0.4, 0.5) is 0 Å². The van der Waals surface area contributed by atoms with Gasteiger partial charge in [-0.3, -0.25) is 9.88 Å². The number of hydrogen-bond acceptors (Lipinski definition) is 4. The predicted octanol–water partition coefficient (Wildman–Crippen LogP) is 4.05. The zero-order valence-electron chi connectivity index (χ0n) is 15.1. The van der Waals surface area contributed by atoms with Crippen molar-refractivity contribution in [3.8, 4) is 0 Å². The first-order valence-electron chi connectivity index (χ1n) is 8.96. The standard InChI is InChI=1S/C20H19Cl2N3O2S/c21-17-7-2-8-18(19(17)22)28(26,27)25-12-10-24(11-13-25)14-16-5-1-4-15-6-3-9-23-20(15)16/h1-9H,10-14H2. The molecule has 1 fully saturated rings. The summed E-state index contributed by atoms with van der Waals surface area (Å²) in [5, 5.41) is 1.43. The molecule has 0 bridgehead atoms. The molecule has 2 heterocycles. The molecule has 0 saturated carbocycles. The highest BCUT2D eigenvalue weighted by molar-refractivity contribution is 7.89. The molecule has 1 aromatic heterocycles. The number of nitrogens with zero attached hydrogens (tertiary/aromatic N) is 3. The Labute approximate surface area is 174 Å². The maximum Gasteiger partial charge on any atom is 0.244 e. The molecule has 0 radical (unpaired) electrons. The van der Waals surface area contributed by atoms with E-state index >= 15 is 0 Å². The summed E-state index contributed by atoms with van der Waals surface area (Å²) in [5.41, 5.74) is 2.14. The van der Waals surface area contributed by atoms with Gasteiger partial charge in [0.05, 0.1) is 15.6 Å². The highest BCUT2D eigenvalue weighted by Crippen LogP contribution is 2.31. The summed E-state index contributed by atoms with van der Waals surface area (Å²) in [4.78, 5) is 6.81. The third kappa shape index (κ3) is 3.75. The van der Waals surface area contributed by atoms with Gasteiger partial charge in [0, 0.05) is 44.3 Å². The summed E-state index contributed by atoms with van der Waals surface area (Å²) in [5.74, 6) is 0. The maximum absolute atomic E-state index is 13.0. The van der Waals surface area contributed by atoms with Gasteiger partial charge in [-0.15, -0.1) is 0 Å². The predicted molar refractivity (Wildman–Crippen MR) is 112 cm³/mol. The van der Waals surface area contributed by atoms with Crippen LogP contribution in [0.25, 0.3) is 10.9 Å². The van der Waals surface area contributed by atoms with E-state index in [1.54, 1.807) is 18.3 Å². The Hall–Kier alpha value is -1.70. The van der Waals surface area contributed by atoms with Crippen molar-refractivity contribution in [2.45, 2.75) is 11.4 Å². The van der Waals surface area contributed by atoms with Crippen LogP contribution in [0.15, 0.2) is 59.6 Å². The summed E-state index contributed by atoms with van der Waals surface area (Å²) >= 11 is 12.1. The number of piperazine rings is 1. The van der Waals surface area contributed by atoms with E-state index in [4.69, 9.17) is 23.2 Å². The van der Waals surface area contributed by atoms with Gasteiger partial charge in [0.1, 0.15) is 4.90 Å². The highest BCUT2D eigenvalue weighted by Gasteiger charge is 2.30. The maximum atomic E-state index is 13.0. The lowest BCUT2D eigenvalue weighted by molar-refractivity contribution is 0.182. The van der Waals surface area contributed by atoms with Gasteiger partial charge in [-0.1, -0.05) is 53.5 Å². The van der Waals surface area contributed by atoms with Gasteiger partial charge in [0.15, 0.2) is 0 Å². The average molecular weight is 436 g/mol. The van der Waals surface area contributed by atoms with Crippen molar-refractivity contribution in [2.24, 2.45) is 0 Å². The highest BCUT2D eigenvalue weighted by atomic mass is 35.5. The molecule has 5 nitrogen and oxygen atoms in total. The number of benzene rings is 2. The van der Waals surface area contributed by atoms with Crippen LogP contribution >= 0.6 is 23.2 Å². The van der Waals surface area contributed by atoms with Crippen LogP contribution in [0.2, 0.25) is 10.0 Å². The van der Waals surface area contributed by atoms with Crippen LogP contribution in [0.1, 0.15) is 5.56 Å². The number of rotatable bonds is 4. The molecule has 0 spiro atoms. The topological polar surface area (TPSA) is 53.5 Å². The lowest BCUT2D eigenvalue weighted by atomic mass is 10.1. The lowest BCUT2D eigenvalue weighted by Crippen LogP contribution is -2.48. The Morgan fingerprint density at radius 1 is 0.929 bits per heavy atom. The summed E-state index contributed by atoms with van der Waals surface area (Å²) < 4.78 is 27.4. The van der Waals surface area contributed by atoms with Crippen LogP contribution in [0.3, 0.4) is 0 Å². The van der Waals surface area contributed by atoms with Crippen molar-refractivity contribution in [2.75, 3.05) is 26.2 Å². The molecular formula is C20H19Cl2N3O2S. The Kier molecular flexibility index (Phi) is 5.58. The molecule has 0 atom stereocenters. The molecular weight excluding hydrogens is 417 g/mol. The number of fused-ring (bicyclic) bond motifs is 1. The number of pyridine rings is 1. The molecule has 8 heteroatoms. The minimum absolute atomic E-state index is 0.0633. The molecule has 4 rings (SSSR count). The molecule has 0 N–H and O–H groups in total. The molecule has 0 aliphatic carbocycles. The lowest BCUT2D eigenvalue weighted by Gasteiger charge is -2.34. The van der Waals surface area contributed by atoms with Crippen LogP contribution < -0.4 is 0 Å². The van der Waals surface area contributed by atoms with Crippen LogP contribution in [-0.4, -0.2) is 48.8 Å². The quantitative estimate of drug-likeness (QED) is 0.620. The summed E-state index contributed by atoms with van der Waals surface area (Å²) in [6.45, 7) is 2.83. The van der Waals surface area contributed by atoms with E-state index in [-0.39, 0.29) is 14.9 Å². The largest absolute Gasteiger partial charge is 0.296 e. The van der Waals surface area contributed by atoms with Crippen molar-refractivity contribution >= 4 is 44.1 Å². The molecule has 28 heavy (non-hydrogen) atoms. The first-order valence-corrected chi connectivity index (χ1v) is 11.2. The number of aromatic nitrogens is 1. The third-order valence-electron chi connectivity index (χ3n) is 4.98. The van der Waals surface area contributed by atoms with Crippen molar-refractivity contribution < 1.29 is 8.42 Å². The van der Waals surface area contributed by atoms with E-state index in [0.29, 0.717) is 26.2 Å². The van der Waals surface area contributed by atoms with Gasteiger partial charge in [0.25, 0.3) is 0 Å². The molecule has 0 unspecified atom stereocenters. The van der Waals surface area contributed by atoms with E-state index < -0.39 is 10.0 Å². The molecule has 1 saturated heterocycles. The number of sulfonamides is 1. The monoisotopic (exact) mass is 435 g/mol. The van der Waals surface area contributed by atoms with Crippen LogP contribution in [0, 0.1) is 0 Å². The Morgan fingerprint density at radius 2 is 1.64 bits per heavy atom. The molecule has 1 aliphatic rings. The van der Waals surface area contributed by atoms with E-state index in [9.17, 15) is 8.42 Å². The Balaban J connectivity index is 1.48. The van der Waals surface area contributed by atoms with Crippen molar-refractivity contribution in [1.82, 2.24) is 14.2 Å². The molecule has 146 valence electrons. The minimum atomic E-state index is -3.67. The second-order valence-electron chi connectivity index (χ2n) is 6.72. The number of halogens is 2. The van der Waals surface area contributed by atoms with Crippen LogP contribution in [0.5, 0.6) is 0 Å². The SMILES string of the molecule is O=S(=O)(c1cccc(Cl)c1Cl)N1CCN(Cc2cccc3cccnc23)CC1. The molecule has 0 amide bonds. The molecule has 1 aliphatic heterocycles. The summed E-state index contributed by atoms with van der Waals surface area (Å²) in [6, 6.07) is 14.8. The molecule has 2 aromatic carbocycles. The minimum Gasteiger partial charge on any atom is -0.296 e. The first kappa shape index (κ1) is 19.6. The van der Waals surface area contributed by atoms with Gasteiger partial charge < -0.3 is 0 Å². The number of hydrogen-bond donors (Lipinski definition) is 0. The van der Waals surface area contributed by atoms with E-state index in [2.05, 4.69) is 16.0 Å². The average Bonchev–Trinajstić information content (AvgIpc) is 2.71. The van der Waals surface area contributed by atoms with Gasteiger partial charge in [-0.25, -0.2) is 8.42 Å². The number of para-hydroxylation sites is 1. The first-order chi connectivity index (χ1) is 13.5. The fraction of sp³-hybridized carbons (Fsp3) is 0.250. The normalized spacial score (nSPS) is 16.5. The van der Waals surface area contributed by atoms with E-state index in [1.807, 2.05) is 24.3 Å². The summed E-state index contributed by atoms with van der Waals surface area (Å²) in [7, 11) is -3.67.